The standard InChI is InChI=1S/C14H31N3O/c1-5-14(11-15,12-18-4)17-8-6-16(7-9-17)10-13(2)3/h13H,5-12,15H2,1-4H3. The Hall–Kier alpha value is -0.160. The van der Waals surface area contributed by atoms with E-state index in [1.54, 1.807) is 7.11 Å². The van der Waals surface area contributed by atoms with Crippen LogP contribution in [0.2, 0.25) is 0 Å². The maximum atomic E-state index is 6.02. The Balaban J connectivity index is 2.53. The number of rotatable bonds is 7. The van der Waals surface area contributed by atoms with Crippen molar-refractivity contribution in [2.45, 2.75) is 32.7 Å². The largest absolute Gasteiger partial charge is 0.383 e. The van der Waals surface area contributed by atoms with Crippen molar-refractivity contribution in [3.8, 4) is 0 Å². The smallest absolute Gasteiger partial charge is 0.0658 e. The van der Waals surface area contributed by atoms with Crippen molar-refractivity contribution in [3.05, 3.63) is 0 Å². The fraction of sp³-hybridized carbons (Fsp3) is 1.00. The second kappa shape index (κ2) is 7.43. The summed E-state index contributed by atoms with van der Waals surface area (Å²) in [4.78, 5) is 5.10. The quantitative estimate of drug-likeness (QED) is 0.739. The molecule has 1 saturated heterocycles. The normalized spacial score (nSPS) is 22.3. The first kappa shape index (κ1) is 15.9. The first-order valence-electron chi connectivity index (χ1n) is 7.24. The SMILES string of the molecule is CCC(CN)(COC)N1CCN(CC(C)C)CC1. The number of hydrogen-bond donors (Lipinski definition) is 1. The van der Waals surface area contributed by atoms with E-state index in [0.717, 1.165) is 45.1 Å². The lowest BCUT2D eigenvalue weighted by atomic mass is 9.93. The second-order valence-corrected chi connectivity index (χ2v) is 5.90. The van der Waals surface area contributed by atoms with Crippen molar-refractivity contribution in [3.63, 3.8) is 0 Å². The Labute approximate surface area is 112 Å². The average molecular weight is 257 g/mol. The summed E-state index contributed by atoms with van der Waals surface area (Å²) in [7, 11) is 1.77. The maximum Gasteiger partial charge on any atom is 0.0658 e. The van der Waals surface area contributed by atoms with E-state index in [0.29, 0.717) is 6.54 Å². The Kier molecular flexibility index (Phi) is 6.57. The molecule has 0 saturated carbocycles. The van der Waals surface area contributed by atoms with E-state index in [1.165, 1.54) is 6.54 Å². The number of hydrogen-bond acceptors (Lipinski definition) is 4. The van der Waals surface area contributed by atoms with Crippen LogP contribution in [0.25, 0.3) is 0 Å². The third kappa shape index (κ3) is 3.92. The molecule has 0 aliphatic carbocycles. The Bertz CT molecular complexity index is 221. The third-order valence-electron chi connectivity index (χ3n) is 4.12. The number of methoxy groups -OCH3 is 1. The van der Waals surface area contributed by atoms with Gasteiger partial charge in [0.15, 0.2) is 0 Å². The summed E-state index contributed by atoms with van der Waals surface area (Å²) in [5.41, 5.74) is 6.06. The summed E-state index contributed by atoms with van der Waals surface area (Å²) in [5, 5.41) is 0. The first-order chi connectivity index (χ1) is 8.57. The van der Waals surface area contributed by atoms with Gasteiger partial charge in [-0.05, 0) is 12.3 Å². The molecule has 0 aromatic heterocycles. The summed E-state index contributed by atoms with van der Waals surface area (Å²) in [6.07, 6.45) is 1.06. The molecule has 1 aliphatic heterocycles. The molecule has 18 heavy (non-hydrogen) atoms. The minimum atomic E-state index is 0.0403. The van der Waals surface area contributed by atoms with Gasteiger partial charge in [0.2, 0.25) is 0 Å². The van der Waals surface area contributed by atoms with Crippen molar-refractivity contribution < 1.29 is 4.74 Å². The molecule has 1 rings (SSSR count). The summed E-state index contributed by atoms with van der Waals surface area (Å²) in [5.74, 6) is 0.751. The third-order valence-corrected chi connectivity index (χ3v) is 4.12. The molecule has 1 fully saturated rings. The van der Waals surface area contributed by atoms with Gasteiger partial charge in [-0.25, -0.2) is 0 Å². The van der Waals surface area contributed by atoms with Gasteiger partial charge in [0, 0.05) is 46.4 Å². The number of nitrogens with zero attached hydrogens (tertiary/aromatic N) is 2. The van der Waals surface area contributed by atoms with Gasteiger partial charge in [0.25, 0.3) is 0 Å². The highest BCUT2D eigenvalue weighted by Crippen LogP contribution is 2.21. The van der Waals surface area contributed by atoms with Gasteiger partial charge in [0.05, 0.1) is 12.1 Å². The predicted molar refractivity (Wildman–Crippen MR) is 76.8 cm³/mol. The van der Waals surface area contributed by atoms with E-state index in [1.807, 2.05) is 0 Å². The fourth-order valence-corrected chi connectivity index (χ4v) is 2.94. The van der Waals surface area contributed by atoms with Crippen molar-refractivity contribution in [1.29, 1.82) is 0 Å². The monoisotopic (exact) mass is 257 g/mol. The van der Waals surface area contributed by atoms with Crippen LogP contribution in [0.3, 0.4) is 0 Å². The van der Waals surface area contributed by atoms with E-state index in [2.05, 4.69) is 30.6 Å². The van der Waals surface area contributed by atoms with E-state index in [4.69, 9.17) is 10.5 Å². The van der Waals surface area contributed by atoms with Crippen molar-refractivity contribution in [2.24, 2.45) is 11.7 Å². The molecule has 108 valence electrons. The highest BCUT2D eigenvalue weighted by Gasteiger charge is 2.35. The zero-order chi connectivity index (χ0) is 13.6. The molecule has 0 aromatic rings. The zero-order valence-electron chi connectivity index (χ0n) is 12.6. The van der Waals surface area contributed by atoms with Crippen LogP contribution in [-0.2, 0) is 4.74 Å². The molecule has 1 aliphatic rings. The van der Waals surface area contributed by atoms with E-state index in [-0.39, 0.29) is 5.54 Å². The molecular formula is C14H31N3O. The summed E-state index contributed by atoms with van der Waals surface area (Å²) < 4.78 is 5.40. The molecule has 0 aromatic carbocycles. The Morgan fingerprint density at radius 2 is 1.83 bits per heavy atom. The highest BCUT2D eigenvalue weighted by molar-refractivity contribution is 4.93. The average Bonchev–Trinajstić information content (AvgIpc) is 2.36. The number of piperazine rings is 1. The van der Waals surface area contributed by atoms with Gasteiger partial charge in [0.1, 0.15) is 0 Å². The van der Waals surface area contributed by atoms with Crippen LogP contribution in [0.15, 0.2) is 0 Å². The van der Waals surface area contributed by atoms with Gasteiger partial charge in [-0.1, -0.05) is 20.8 Å². The topological polar surface area (TPSA) is 41.7 Å². The molecular weight excluding hydrogens is 226 g/mol. The molecule has 4 heteroatoms. The van der Waals surface area contributed by atoms with Gasteiger partial charge in [-0.2, -0.15) is 0 Å². The van der Waals surface area contributed by atoms with E-state index in [9.17, 15) is 0 Å². The summed E-state index contributed by atoms with van der Waals surface area (Å²) in [6.45, 7) is 14.0. The Morgan fingerprint density at radius 3 is 2.22 bits per heavy atom. The molecule has 0 amide bonds. The summed E-state index contributed by atoms with van der Waals surface area (Å²) >= 11 is 0. The van der Waals surface area contributed by atoms with Gasteiger partial charge in [-0.15, -0.1) is 0 Å². The lowest BCUT2D eigenvalue weighted by molar-refractivity contribution is -0.0175. The molecule has 0 bridgehead atoms. The van der Waals surface area contributed by atoms with Crippen LogP contribution in [-0.4, -0.2) is 68.3 Å². The van der Waals surface area contributed by atoms with Crippen molar-refractivity contribution >= 4 is 0 Å². The molecule has 0 spiro atoms. The van der Waals surface area contributed by atoms with E-state index >= 15 is 0 Å². The van der Waals surface area contributed by atoms with Crippen LogP contribution < -0.4 is 5.73 Å². The second-order valence-electron chi connectivity index (χ2n) is 5.90. The minimum absolute atomic E-state index is 0.0403. The number of nitrogens with two attached hydrogens (primary N) is 1. The Morgan fingerprint density at radius 1 is 1.22 bits per heavy atom. The molecule has 1 atom stereocenters. The van der Waals surface area contributed by atoms with Crippen LogP contribution in [0, 0.1) is 5.92 Å². The molecule has 0 radical (unpaired) electrons. The van der Waals surface area contributed by atoms with Gasteiger partial charge in [-0.3, -0.25) is 4.90 Å². The highest BCUT2D eigenvalue weighted by atomic mass is 16.5. The van der Waals surface area contributed by atoms with Crippen LogP contribution in [0.5, 0.6) is 0 Å². The first-order valence-corrected chi connectivity index (χ1v) is 7.24. The zero-order valence-corrected chi connectivity index (χ0v) is 12.6. The van der Waals surface area contributed by atoms with Crippen molar-refractivity contribution in [2.75, 3.05) is 53.0 Å². The lowest BCUT2D eigenvalue weighted by Gasteiger charge is -2.47. The molecule has 2 N–H and O–H groups in total. The number of ether oxygens (including phenoxy) is 1. The molecule has 4 nitrogen and oxygen atoms in total. The fourth-order valence-electron chi connectivity index (χ4n) is 2.94. The van der Waals surface area contributed by atoms with E-state index < -0.39 is 0 Å². The molecule has 1 heterocycles. The predicted octanol–water partition coefficient (Wildman–Crippen LogP) is 1.01. The minimum Gasteiger partial charge on any atom is -0.383 e. The lowest BCUT2D eigenvalue weighted by Crippen LogP contribution is -2.62. The van der Waals surface area contributed by atoms with Gasteiger partial charge < -0.3 is 15.4 Å². The maximum absolute atomic E-state index is 6.02. The van der Waals surface area contributed by atoms with Crippen LogP contribution >= 0.6 is 0 Å². The van der Waals surface area contributed by atoms with Gasteiger partial charge >= 0.3 is 0 Å². The molecule has 1 unspecified atom stereocenters. The summed E-state index contributed by atoms with van der Waals surface area (Å²) in [6, 6.07) is 0. The van der Waals surface area contributed by atoms with Crippen molar-refractivity contribution in [1.82, 2.24) is 9.80 Å². The van der Waals surface area contributed by atoms with Crippen LogP contribution in [0.4, 0.5) is 0 Å². The van der Waals surface area contributed by atoms with Crippen LogP contribution in [0.1, 0.15) is 27.2 Å².